The number of benzene rings is 4. The van der Waals surface area contributed by atoms with E-state index in [1.807, 2.05) is 144 Å². The van der Waals surface area contributed by atoms with Gasteiger partial charge < -0.3 is 9.47 Å². The fraction of sp³-hybridized carbons (Fsp3) is 0.254. The minimum absolute atomic E-state index is 0. The molecule has 0 spiro atoms. The van der Waals surface area contributed by atoms with E-state index in [2.05, 4.69) is 9.97 Å². The van der Waals surface area contributed by atoms with Crippen LogP contribution in [0.4, 0.5) is 4.39 Å². The van der Waals surface area contributed by atoms with Crippen molar-refractivity contribution in [2.45, 2.75) is 75.7 Å². The molecule has 0 bridgehead atoms. The Labute approximate surface area is 439 Å². The van der Waals surface area contributed by atoms with Gasteiger partial charge in [0.25, 0.3) is 11.1 Å². The molecule has 16 nitrogen and oxygen atoms in total. The molecular formula is C59H63FN10O6. The van der Waals surface area contributed by atoms with Crippen molar-refractivity contribution in [3.05, 3.63) is 211 Å². The van der Waals surface area contributed by atoms with Gasteiger partial charge in [-0.15, -0.1) is 0 Å². The number of fused-ring (bicyclic) bond motifs is 2. The molecule has 0 fully saturated rings. The highest BCUT2D eigenvalue weighted by Crippen LogP contribution is 2.32. The fourth-order valence-corrected chi connectivity index (χ4v) is 8.48. The second-order valence-electron chi connectivity index (χ2n) is 19.6. The molecule has 0 unspecified atom stereocenters. The number of rotatable bonds is 13. The third kappa shape index (κ3) is 11.8. The average molecular weight is 1030 g/mol. The van der Waals surface area contributed by atoms with Crippen molar-refractivity contribution >= 4 is 22.1 Å². The maximum Gasteiger partial charge on any atom is 0.332 e. The van der Waals surface area contributed by atoms with Crippen molar-refractivity contribution in [2.75, 3.05) is 0 Å². The fourth-order valence-electron chi connectivity index (χ4n) is 8.48. The molecule has 17 heteroatoms. The Hall–Kier alpha value is -8.99. The van der Waals surface area contributed by atoms with Crippen LogP contribution >= 0.6 is 0 Å². The molecule has 0 atom stereocenters. The minimum atomic E-state index is -0.541. The second kappa shape index (κ2) is 23.1. The highest BCUT2D eigenvalue weighted by Gasteiger charge is 2.26. The first kappa shape index (κ1) is 54.8. The molecule has 10 aromatic rings. The average Bonchev–Trinajstić information content (AvgIpc) is 3.93. The summed E-state index contributed by atoms with van der Waals surface area (Å²) in [5.74, 6) is 1.34. The molecule has 0 saturated heterocycles. The van der Waals surface area contributed by atoms with Gasteiger partial charge in [0.15, 0.2) is 11.3 Å². The zero-order valence-electron chi connectivity index (χ0n) is 42.1. The first-order chi connectivity index (χ1) is 35.5. The summed E-state index contributed by atoms with van der Waals surface area (Å²) in [6, 6.07) is 42.6. The van der Waals surface area contributed by atoms with Crippen molar-refractivity contribution in [2.24, 2.45) is 25.4 Å². The van der Waals surface area contributed by atoms with E-state index in [1.54, 1.807) is 50.6 Å². The van der Waals surface area contributed by atoms with Crippen LogP contribution in [0.3, 0.4) is 0 Å². The first-order valence-corrected chi connectivity index (χ1v) is 24.1. The lowest BCUT2D eigenvalue weighted by Crippen LogP contribution is -2.40. The lowest BCUT2D eigenvalue weighted by Gasteiger charge is -2.20. The van der Waals surface area contributed by atoms with Crippen LogP contribution < -0.4 is 32.0 Å². The van der Waals surface area contributed by atoms with E-state index in [4.69, 9.17) is 19.7 Å². The number of aromatic nitrogens is 10. The van der Waals surface area contributed by atoms with Crippen molar-refractivity contribution < 1.29 is 13.9 Å². The van der Waals surface area contributed by atoms with Gasteiger partial charge in [0.1, 0.15) is 22.3 Å². The summed E-state index contributed by atoms with van der Waals surface area (Å²) in [5, 5.41) is 9.98. The van der Waals surface area contributed by atoms with Gasteiger partial charge in [-0.3, -0.25) is 32.8 Å². The van der Waals surface area contributed by atoms with Gasteiger partial charge in [0.2, 0.25) is 17.7 Å². The lowest BCUT2D eigenvalue weighted by molar-refractivity contribution is 0.337. The molecule has 0 N–H and O–H groups in total. The van der Waals surface area contributed by atoms with Crippen LogP contribution in [0.25, 0.3) is 44.5 Å². The molecule has 4 aromatic carbocycles. The Bertz CT molecular complexity index is 3860. The number of halogens is 1. The smallest absolute Gasteiger partial charge is 0.332 e. The second-order valence-corrected chi connectivity index (χ2v) is 19.6. The van der Waals surface area contributed by atoms with Crippen LogP contribution in [-0.2, 0) is 40.3 Å². The van der Waals surface area contributed by atoms with Crippen LogP contribution in [-0.4, -0.2) is 47.8 Å². The van der Waals surface area contributed by atoms with Gasteiger partial charge in [0.05, 0.1) is 18.8 Å². The van der Waals surface area contributed by atoms with E-state index < -0.39 is 22.8 Å². The number of para-hydroxylation sites is 2. The molecule has 6 aromatic heterocycles. The van der Waals surface area contributed by atoms with Crippen LogP contribution in [0, 0.1) is 17.3 Å². The van der Waals surface area contributed by atoms with E-state index in [9.17, 15) is 23.6 Å². The van der Waals surface area contributed by atoms with E-state index in [0.717, 1.165) is 37.0 Å². The molecule has 0 aliphatic rings. The zero-order chi connectivity index (χ0) is 52.3. The number of ether oxygens (including phenoxy) is 2. The highest BCUT2D eigenvalue weighted by atomic mass is 19.1. The first-order valence-electron chi connectivity index (χ1n) is 24.1. The Morgan fingerprint density at radius 2 is 1.00 bits per heavy atom. The van der Waals surface area contributed by atoms with Crippen LogP contribution in [0.1, 0.15) is 60.6 Å². The topological polar surface area (TPSA) is 168 Å². The van der Waals surface area contributed by atoms with Crippen molar-refractivity contribution in [3.63, 3.8) is 0 Å². The predicted molar refractivity (Wildman–Crippen MR) is 297 cm³/mol. The maximum absolute atomic E-state index is 13.6. The van der Waals surface area contributed by atoms with Gasteiger partial charge in [-0.05, 0) is 82.1 Å². The molecule has 392 valence electrons. The Morgan fingerprint density at radius 1 is 0.553 bits per heavy atom. The van der Waals surface area contributed by atoms with Crippen LogP contribution in [0.5, 0.6) is 23.3 Å². The van der Waals surface area contributed by atoms with Crippen molar-refractivity contribution in [1.29, 1.82) is 0 Å². The number of hydrogen-bond donors (Lipinski definition) is 0. The molecule has 10 rings (SSSR count). The quantitative estimate of drug-likeness (QED) is 0.101. The summed E-state index contributed by atoms with van der Waals surface area (Å²) in [6.45, 7) is 11.5. The normalized spacial score (nSPS) is 11.2. The Kier molecular flexibility index (Phi) is 16.6. The van der Waals surface area contributed by atoms with Crippen LogP contribution in [0.15, 0.2) is 171 Å². The molecular weight excluding hydrogens is 964 g/mol. The molecule has 6 heterocycles. The monoisotopic (exact) mass is 1030 g/mol. The lowest BCUT2D eigenvalue weighted by atomic mass is 9.97. The number of pyridine rings is 2. The van der Waals surface area contributed by atoms with E-state index >= 15 is 0 Å². The zero-order valence-corrected chi connectivity index (χ0v) is 42.1. The maximum atomic E-state index is 13.6. The molecule has 0 amide bonds. The van der Waals surface area contributed by atoms with Crippen LogP contribution in [0.2, 0.25) is 0 Å². The van der Waals surface area contributed by atoms with Gasteiger partial charge in [-0.2, -0.15) is 14.6 Å². The highest BCUT2D eigenvalue weighted by molar-refractivity contribution is 5.82. The third-order valence-corrected chi connectivity index (χ3v) is 12.1. The summed E-state index contributed by atoms with van der Waals surface area (Å²) in [7, 11) is 2.95. The van der Waals surface area contributed by atoms with Crippen molar-refractivity contribution in [1.82, 2.24) is 47.8 Å². The largest absolute Gasteiger partial charge is 0.438 e. The summed E-state index contributed by atoms with van der Waals surface area (Å²) in [6.07, 6.45) is 3.53. The van der Waals surface area contributed by atoms with Gasteiger partial charge in [-0.1, -0.05) is 140 Å². The molecule has 0 saturated carbocycles. The standard InChI is InChI=1S/C29H28FN5O3.C28H27N5O3.2CH4/c1-29(2,3)18-34-25-24(26(36)33(4)28(34)37)27(38-21-9-6-5-7-10-21)35(32-25)17-19-13-15-20(16-14-19)22-11-8-12-23(30)31-22;1-19(2)17-32-25-24(26(34)31(3)28(32)35)27(36-23-7-5-4-6-8-23)33(30-25)18-20-9-11-21(12-10-20)22-13-15-29-16-14-22;;/h5-16H,17-18H2,1-4H3;4-16,19H,17-18H2,1-3H3;2*1H4. The molecule has 0 radical (unpaired) electrons. The molecule has 76 heavy (non-hydrogen) atoms. The Morgan fingerprint density at radius 3 is 1.46 bits per heavy atom. The minimum Gasteiger partial charge on any atom is -0.438 e. The summed E-state index contributed by atoms with van der Waals surface area (Å²) in [4.78, 5) is 60.7. The SMILES string of the molecule is C.C.CC(C)Cn1c(=O)n(C)c(=O)c2c(Oc3ccccc3)n(Cc3ccc(-c4ccncc4)cc3)nc21.Cn1c(=O)c2c(Oc3ccccc3)n(Cc3ccc(-c4cccc(F)n4)cc3)nc2n(CC(C)(C)C)c1=O. The van der Waals surface area contributed by atoms with Crippen molar-refractivity contribution in [3.8, 4) is 45.6 Å². The van der Waals surface area contributed by atoms with Gasteiger partial charge in [-0.25, -0.2) is 23.9 Å². The summed E-state index contributed by atoms with van der Waals surface area (Å²) < 4.78 is 34.6. The Balaban J connectivity index is 0.000000216. The molecule has 0 aliphatic carbocycles. The predicted octanol–water partition coefficient (Wildman–Crippen LogP) is 10.7. The van der Waals surface area contributed by atoms with E-state index in [0.29, 0.717) is 48.4 Å². The number of hydrogen-bond acceptors (Lipinski definition) is 10. The van der Waals surface area contributed by atoms with E-state index in [1.165, 1.54) is 24.7 Å². The molecule has 0 aliphatic heterocycles. The van der Waals surface area contributed by atoms with E-state index in [-0.39, 0.29) is 60.7 Å². The van der Waals surface area contributed by atoms with Gasteiger partial charge >= 0.3 is 11.4 Å². The van der Waals surface area contributed by atoms with Gasteiger partial charge in [0, 0.05) is 45.1 Å². The number of nitrogens with zero attached hydrogens (tertiary/aromatic N) is 10. The third-order valence-electron chi connectivity index (χ3n) is 12.1. The summed E-state index contributed by atoms with van der Waals surface area (Å²) in [5.41, 5.74) is 3.96. The summed E-state index contributed by atoms with van der Waals surface area (Å²) >= 11 is 0.